The van der Waals surface area contributed by atoms with Crippen molar-refractivity contribution >= 4 is 28.6 Å². The summed E-state index contributed by atoms with van der Waals surface area (Å²) >= 11 is 1.72. The van der Waals surface area contributed by atoms with E-state index in [1.54, 1.807) is 22.6 Å². The summed E-state index contributed by atoms with van der Waals surface area (Å²) in [5, 5.41) is 8.64. The van der Waals surface area contributed by atoms with Crippen LogP contribution in [0.15, 0.2) is 6.20 Å². The number of hydrogen-bond acceptors (Lipinski definition) is 3. The number of pyridine rings is 1. The van der Waals surface area contributed by atoms with Gasteiger partial charge in [0.15, 0.2) is 0 Å². The Labute approximate surface area is 104 Å². The Bertz CT molecular complexity index is 412. The number of aromatic nitrogens is 1. The van der Waals surface area contributed by atoms with E-state index in [0.29, 0.717) is 0 Å². The van der Waals surface area contributed by atoms with E-state index in [9.17, 15) is 13.6 Å². The highest BCUT2D eigenvalue weighted by Gasteiger charge is 2.23. The first kappa shape index (κ1) is 13.1. The summed E-state index contributed by atoms with van der Waals surface area (Å²) in [5.41, 5.74) is -0.397. The first-order valence-corrected chi connectivity index (χ1v) is 5.26. The number of rotatable bonds is 4. The van der Waals surface area contributed by atoms with Crippen molar-refractivity contribution in [2.45, 2.75) is 12.8 Å². The first-order chi connectivity index (χ1) is 7.47. The summed E-state index contributed by atoms with van der Waals surface area (Å²) in [5.74, 6) is -1.28. The van der Waals surface area contributed by atoms with Crippen LogP contribution >= 0.6 is 22.6 Å². The van der Waals surface area contributed by atoms with E-state index in [4.69, 9.17) is 9.84 Å². The van der Waals surface area contributed by atoms with Gasteiger partial charge in [-0.25, -0.2) is 13.8 Å². The van der Waals surface area contributed by atoms with Gasteiger partial charge in [-0.15, -0.1) is 0 Å². The quantitative estimate of drug-likeness (QED) is 0.673. The van der Waals surface area contributed by atoms with Gasteiger partial charge >= 0.3 is 5.97 Å². The van der Waals surface area contributed by atoms with E-state index >= 15 is 0 Å². The average molecular weight is 343 g/mol. The van der Waals surface area contributed by atoms with Crippen molar-refractivity contribution in [2.24, 2.45) is 0 Å². The number of carbonyl (C=O) groups is 1. The Morgan fingerprint density at radius 2 is 2.31 bits per heavy atom. The average Bonchev–Trinajstić information content (AvgIpc) is 2.19. The van der Waals surface area contributed by atoms with E-state index in [0.717, 1.165) is 6.20 Å². The van der Waals surface area contributed by atoms with Gasteiger partial charge in [0.25, 0.3) is 6.43 Å². The van der Waals surface area contributed by atoms with Crippen molar-refractivity contribution in [3.8, 4) is 5.75 Å². The van der Waals surface area contributed by atoms with Gasteiger partial charge < -0.3 is 9.84 Å². The summed E-state index contributed by atoms with van der Waals surface area (Å²) in [6.07, 6.45) is -2.13. The van der Waals surface area contributed by atoms with E-state index in [2.05, 4.69) is 4.98 Å². The molecule has 0 radical (unpaired) electrons. The fraction of sp³-hybridized carbons (Fsp3) is 0.333. The third kappa shape index (κ3) is 2.77. The molecule has 1 heterocycles. The molecule has 16 heavy (non-hydrogen) atoms. The molecule has 7 heteroatoms. The van der Waals surface area contributed by atoms with Gasteiger partial charge in [-0.1, -0.05) is 0 Å². The lowest BCUT2D eigenvalue weighted by Crippen LogP contribution is -2.09. The number of halogens is 3. The zero-order valence-electron chi connectivity index (χ0n) is 8.21. The maximum atomic E-state index is 12.8. The van der Waals surface area contributed by atoms with Crippen molar-refractivity contribution in [3.63, 3.8) is 0 Å². The van der Waals surface area contributed by atoms with Crippen LogP contribution in [0.5, 0.6) is 5.75 Å². The van der Waals surface area contributed by atoms with Gasteiger partial charge in [0.2, 0.25) is 0 Å². The summed E-state index contributed by atoms with van der Waals surface area (Å²) in [7, 11) is 1.24. The molecule has 0 aliphatic heterocycles. The highest BCUT2D eigenvalue weighted by atomic mass is 127. The van der Waals surface area contributed by atoms with Crippen LogP contribution in [-0.4, -0.2) is 23.2 Å². The molecule has 1 aromatic heterocycles. The Morgan fingerprint density at radius 1 is 1.69 bits per heavy atom. The summed E-state index contributed by atoms with van der Waals surface area (Å²) in [6, 6.07) is 0. The Hall–Kier alpha value is -0.990. The molecule has 0 amide bonds. The number of nitrogens with zero attached hydrogens (tertiary/aromatic N) is 1. The largest absolute Gasteiger partial charge is 0.495 e. The van der Waals surface area contributed by atoms with Crippen molar-refractivity contribution in [2.75, 3.05) is 7.11 Å². The van der Waals surface area contributed by atoms with Crippen molar-refractivity contribution in [1.82, 2.24) is 4.98 Å². The van der Waals surface area contributed by atoms with Crippen LogP contribution in [0.4, 0.5) is 8.78 Å². The fourth-order valence-electron chi connectivity index (χ4n) is 1.24. The maximum absolute atomic E-state index is 12.8. The molecule has 0 spiro atoms. The van der Waals surface area contributed by atoms with Crippen molar-refractivity contribution in [3.05, 3.63) is 21.0 Å². The molecule has 0 fully saturated rings. The second-order valence-corrected chi connectivity index (χ2v) is 3.90. The lowest BCUT2D eigenvalue weighted by Gasteiger charge is -2.12. The van der Waals surface area contributed by atoms with Gasteiger partial charge in [-0.2, -0.15) is 0 Å². The molecule has 0 aliphatic rings. The Kier molecular flexibility index (Phi) is 4.39. The molecule has 1 N–H and O–H groups in total. The molecule has 0 aliphatic carbocycles. The minimum Gasteiger partial charge on any atom is -0.495 e. The normalized spacial score (nSPS) is 10.6. The Balaban J connectivity index is 3.35. The molecule has 0 atom stereocenters. The fourth-order valence-corrected chi connectivity index (χ4v) is 1.86. The van der Waals surface area contributed by atoms with Crippen molar-refractivity contribution in [1.29, 1.82) is 0 Å². The van der Waals surface area contributed by atoms with E-state index in [1.165, 1.54) is 7.11 Å². The van der Waals surface area contributed by atoms with E-state index < -0.39 is 24.4 Å². The number of aliphatic carboxylic acids is 1. The van der Waals surface area contributed by atoms with Gasteiger partial charge in [-0.3, -0.25) is 4.79 Å². The van der Waals surface area contributed by atoms with Crippen molar-refractivity contribution < 1.29 is 23.4 Å². The van der Waals surface area contributed by atoms with E-state index in [-0.39, 0.29) is 15.0 Å². The molecule has 88 valence electrons. The van der Waals surface area contributed by atoms with Crippen LogP contribution in [0.3, 0.4) is 0 Å². The smallest absolute Gasteiger partial charge is 0.307 e. The van der Waals surface area contributed by atoms with Gasteiger partial charge in [0.1, 0.15) is 9.45 Å². The number of methoxy groups -OCH3 is 1. The molecule has 0 saturated carbocycles. The lowest BCUT2D eigenvalue weighted by atomic mass is 10.1. The minimum atomic E-state index is -2.79. The van der Waals surface area contributed by atoms with Gasteiger partial charge in [0.05, 0.1) is 25.3 Å². The van der Waals surface area contributed by atoms with Crippen LogP contribution in [0.25, 0.3) is 0 Å². The zero-order valence-corrected chi connectivity index (χ0v) is 10.4. The SMILES string of the molecule is COc1cnc(I)c(CC(=O)O)c1C(F)F. The van der Waals surface area contributed by atoms with Crippen LogP contribution in [0.2, 0.25) is 0 Å². The van der Waals surface area contributed by atoms with E-state index in [1.807, 2.05) is 0 Å². The second kappa shape index (κ2) is 5.37. The van der Waals surface area contributed by atoms with Crippen LogP contribution < -0.4 is 4.74 Å². The Morgan fingerprint density at radius 3 is 2.75 bits per heavy atom. The zero-order chi connectivity index (χ0) is 12.3. The summed E-state index contributed by atoms with van der Waals surface area (Å²) in [4.78, 5) is 14.4. The topological polar surface area (TPSA) is 59.4 Å². The standard InChI is InChI=1S/C9H8F2INO3/c1-16-5-3-13-9(12)4(2-6(14)15)7(5)8(10)11/h3,8H,2H2,1H3,(H,14,15). The van der Waals surface area contributed by atoms with Crippen LogP contribution in [0, 0.1) is 3.70 Å². The number of carboxylic acids is 1. The monoisotopic (exact) mass is 343 g/mol. The second-order valence-electron chi connectivity index (χ2n) is 2.88. The number of hydrogen-bond donors (Lipinski definition) is 1. The van der Waals surface area contributed by atoms with Crippen LogP contribution in [-0.2, 0) is 11.2 Å². The molecule has 1 aromatic rings. The molecular formula is C9H8F2INO3. The third-order valence-corrected chi connectivity index (χ3v) is 2.83. The molecular weight excluding hydrogens is 335 g/mol. The van der Waals surface area contributed by atoms with Gasteiger partial charge in [-0.05, 0) is 22.6 Å². The van der Waals surface area contributed by atoms with Crippen LogP contribution in [0.1, 0.15) is 17.6 Å². The summed E-state index contributed by atoms with van der Waals surface area (Å²) < 4.78 is 30.6. The van der Waals surface area contributed by atoms with Gasteiger partial charge in [0, 0.05) is 5.56 Å². The molecule has 0 aromatic carbocycles. The molecule has 1 rings (SSSR count). The predicted molar refractivity (Wildman–Crippen MR) is 59.8 cm³/mol. The molecule has 0 unspecified atom stereocenters. The number of ether oxygens (including phenoxy) is 1. The number of carboxylic acid groups (broad SMARTS) is 1. The maximum Gasteiger partial charge on any atom is 0.307 e. The first-order valence-electron chi connectivity index (χ1n) is 4.18. The highest BCUT2D eigenvalue weighted by Crippen LogP contribution is 2.33. The predicted octanol–water partition coefficient (Wildman–Crippen LogP) is 2.26. The highest BCUT2D eigenvalue weighted by molar-refractivity contribution is 14.1. The summed E-state index contributed by atoms with van der Waals surface area (Å²) in [6.45, 7) is 0. The minimum absolute atomic E-state index is 0.00227. The number of alkyl halides is 2. The third-order valence-electron chi connectivity index (χ3n) is 1.90. The molecule has 0 saturated heterocycles. The molecule has 4 nitrogen and oxygen atoms in total. The molecule has 0 bridgehead atoms. The lowest BCUT2D eigenvalue weighted by molar-refractivity contribution is -0.136.